The molecule has 0 heterocycles. The van der Waals surface area contributed by atoms with E-state index in [-0.39, 0.29) is 5.82 Å². The molecule has 98 valence electrons. The Hall–Kier alpha value is -1.87. The molecule has 0 saturated heterocycles. The molecule has 2 aromatic rings. The molecule has 0 fully saturated rings. The van der Waals surface area contributed by atoms with Gasteiger partial charge in [-0.2, -0.15) is 0 Å². The molecular weight excluding hydrogens is 243 g/mol. The van der Waals surface area contributed by atoms with Gasteiger partial charge in [0.2, 0.25) is 0 Å². The summed E-state index contributed by atoms with van der Waals surface area (Å²) in [5.74, 6) is 0.506. The lowest BCUT2D eigenvalue weighted by Crippen LogP contribution is -2.23. The van der Waals surface area contributed by atoms with Crippen LogP contribution in [0.3, 0.4) is 0 Å². The van der Waals surface area contributed by atoms with Crippen LogP contribution in [0.2, 0.25) is 0 Å². The van der Waals surface area contributed by atoms with Gasteiger partial charge in [-0.05, 0) is 47.7 Å². The van der Waals surface area contributed by atoms with E-state index in [2.05, 4.69) is 0 Å². The van der Waals surface area contributed by atoms with Gasteiger partial charge >= 0.3 is 0 Å². The van der Waals surface area contributed by atoms with Crippen LogP contribution in [0, 0.1) is 5.82 Å². The zero-order valence-electron chi connectivity index (χ0n) is 10.7. The summed E-state index contributed by atoms with van der Waals surface area (Å²) in [7, 11) is 1.60. The summed E-state index contributed by atoms with van der Waals surface area (Å²) < 4.78 is 18.8. The summed E-state index contributed by atoms with van der Waals surface area (Å²) in [5.41, 5.74) is 0.986. The molecule has 1 atom stereocenters. The number of fused-ring (bicyclic) bond motifs is 1. The van der Waals surface area contributed by atoms with E-state index in [9.17, 15) is 9.50 Å². The fraction of sp³-hybridized carbons (Fsp3) is 0.250. The van der Waals surface area contributed by atoms with Crippen LogP contribution in [0.25, 0.3) is 0 Å². The molecule has 1 N–H and O–H groups in total. The second-order valence-corrected chi connectivity index (χ2v) is 4.85. The minimum Gasteiger partial charge on any atom is -0.497 e. The lowest BCUT2D eigenvalue weighted by atomic mass is 9.88. The second kappa shape index (κ2) is 4.35. The molecule has 3 rings (SSSR count). The molecule has 2 nitrogen and oxygen atoms in total. The van der Waals surface area contributed by atoms with Crippen molar-refractivity contribution in [2.75, 3.05) is 7.11 Å². The molecule has 19 heavy (non-hydrogen) atoms. The molecule has 3 heteroatoms. The molecule has 2 aromatic carbocycles. The number of halogens is 1. The third-order valence-electron chi connectivity index (χ3n) is 3.87. The highest BCUT2D eigenvalue weighted by atomic mass is 19.1. The Kier molecular flexibility index (Phi) is 2.79. The van der Waals surface area contributed by atoms with E-state index in [1.54, 1.807) is 19.2 Å². The monoisotopic (exact) mass is 258 g/mol. The first-order chi connectivity index (χ1) is 9.15. The lowest BCUT2D eigenvalue weighted by molar-refractivity contribution is 0.0829. The summed E-state index contributed by atoms with van der Waals surface area (Å²) in [5, 5.41) is 10.9. The molecule has 1 aliphatic carbocycles. The lowest BCUT2D eigenvalue weighted by Gasteiger charge is -2.24. The summed E-state index contributed by atoms with van der Waals surface area (Å²) in [6, 6.07) is 12.2. The molecular formula is C16H15FO2. The fourth-order valence-electron chi connectivity index (χ4n) is 2.81. The van der Waals surface area contributed by atoms with Crippen molar-refractivity contribution in [1.82, 2.24) is 0 Å². The van der Waals surface area contributed by atoms with Crippen molar-refractivity contribution in [2.45, 2.75) is 18.4 Å². The number of methoxy groups -OCH3 is 1. The van der Waals surface area contributed by atoms with Crippen molar-refractivity contribution in [3.63, 3.8) is 0 Å². The first kappa shape index (κ1) is 12.2. The highest BCUT2D eigenvalue weighted by Gasteiger charge is 2.39. The Labute approximate surface area is 111 Å². The number of benzene rings is 2. The Morgan fingerprint density at radius 2 is 1.89 bits per heavy atom. The first-order valence-electron chi connectivity index (χ1n) is 6.30. The van der Waals surface area contributed by atoms with E-state index in [4.69, 9.17) is 4.74 Å². The molecule has 0 amide bonds. The van der Waals surface area contributed by atoms with Crippen LogP contribution in [0.5, 0.6) is 5.75 Å². The predicted molar refractivity (Wildman–Crippen MR) is 70.7 cm³/mol. The Morgan fingerprint density at radius 1 is 1.16 bits per heavy atom. The van der Waals surface area contributed by atoms with Gasteiger partial charge in [-0.25, -0.2) is 4.39 Å². The number of hydrogen-bond acceptors (Lipinski definition) is 2. The van der Waals surface area contributed by atoms with Crippen molar-refractivity contribution in [1.29, 1.82) is 0 Å². The number of ether oxygens (including phenoxy) is 1. The van der Waals surface area contributed by atoms with Crippen LogP contribution < -0.4 is 4.74 Å². The first-order valence-corrected chi connectivity index (χ1v) is 6.30. The standard InChI is InChI=1S/C16H15FO2/c1-19-12-7-5-11(6-8-12)16(18)10-9-13-14(16)3-2-4-15(13)17/h2-8,18H,9-10H2,1H3. The predicted octanol–water partition coefficient (Wildman–Crippen LogP) is 3.02. The van der Waals surface area contributed by atoms with Gasteiger partial charge in [0.1, 0.15) is 17.2 Å². The Morgan fingerprint density at radius 3 is 2.58 bits per heavy atom. The summed E-state index contributed by atoms with van der Waals surface area (Å²) in [6.07, 6.45) is 1.07. The van der Waals surface area contributed by atoms with Gasteiger partial charge < -0.3 is 9.84 Å². The van der Waals surface area contributed by atoms with Crippen molar-refractivity contribution in [2.24, 2.45) is 0 Å². The second-order valence-electron chi connectivity index (χ2n) is 4.85. The van der Waals surface area contributed by atoms with Crippen molar-refractivity contribution >= 4 is 0 Å². The van der Waals surface area contributed by atoms with Gasteiger partial charge in [-0.3, -0.25) is 0 Å². The van der Waals surface area contributed by atoms with E-state index < -0.39 is 5.60 Å². The maximum absolute atomic E-state index is 13.7. The van der Waals surface area contributed by atoms with Crippen molar-refractivity contribution < 1.29 is 14.2 Å². The largest absolute Gasteiger partial charge is 0.497 e. The third kappa shape index (κ3) is 1.81. The zero-order chi connectivity index (χ0) is 13.5. The van der Waals surface area contributed by atoms with Crippen molar-refractivity contribution in [3.8, 4) is 5.75 Å². The molecule has 0 aromatic heterocycles. The van der Waals surface area contributed by atoms with Crippen molar-refractivity contribution in [3.05, 3.63) is 65.0 Å². The van der Waals surface area contributed by atoms with E-state index >= 15 is 0 Å². The summed E-state index contributed by atoms with van der Waals surface area (Å²) in [6.45, 7) is 0. The maximum Gasteiger partial charge on any atom is 0.126 e. The topological polar surface area (TPSA) is 29.5 Å². The molecule has 0 spiro atoms. The smallest absolute Gasteiger partial charge is 0.126 e. The fourth-order valence-corrected chi connectivity index (χ4v) is 2.81. The minimum atomic E-state index is -1.09. The number of hydrogen-bond donors (Lipinski definition) is 1. The highest BCUT2D eigenvalue weighted by molar-refractivity contribution is 5.46. The molecule has 1 unspecified atom stereocenters. The summed E-state index contributed by atoms with van der Waals surface area (Å²) >= 11 is 0. The Balaban J connectivity index is 2.08. The molecule has 0 aliphatic heterocycles. The Bertz CT molecular complexity index is 607. The van der Waals surface area contributed by atoms with Gasteiger partial charge in [-0.1, -0.05) is 24.3 Å². The van der Waals surface area contributed by atoms with Crippen LogP contribution in [0.4, 0.5) is 4.39 Å². The molecule has 0 saturated carbocycles. The van der Waals surface area contributed by atoms with Crippen LogP contribution >= 0.6 is 0 Å². The van der Waals surface area contributed by atoms with Crippen LogP contribution in [0.15, 0.2) is 42.5 Å². The van der Waals surface area contributed by atoms with Crippen LogP contribution in [-0.2, 0) is 12.0 Å². The normalized spacial score (nSPS) is 21.2. The zero-order valence-corrected chi connectivity index (χ0v) is 10.7. The number of aliphatic hydroxyl groups is 1. The molecule has 0 radical (unpaired) electrons. The van der Waals surface area contributed by atoms with E-state index in [1.807, 2.05) is 24.3 Å². The average molecular weight is 258 g/mol. The minimum absolute atomic E-state index is 0.234. The third-order valence-corrected chi connectivity index (χ3v) is 3.87. The maximum atomic E-state index is 13.7. The number of rotatable bonds is 2. The highest BCUT2D eigenvalue weighted by Crippen LogP contribution is 2.43. The molecule has 0 bridgehead atoms. The van der Waals surface area contributed by atoms with Gasteiger partial charge in [-0.15, -0.1) is 0 Å². The van der Waals surface area contributed by atoms with Gasteiger partial charge in [0.25, 0.3) is 0 Å². The van der Waals surface area contributed by atoms with E-state index in [1.165, 1.54) is 6.07 Å². The SMILES string of the molecule is COc1ccc(C2(O)CCc3c(F)cccc32)cc1. The van der Waals surface area contributed by atoms with Crippen LogP contribution in [0.1, 0.15) is 23.1 Å². The van der Waals surface area contributed by atoms with Crippen LogP contribution in [-0.4, -0.2) is 12.2 Å². The van der Waals surface area contributed by atoms with Gasteiger partial charge in [0.05, 0.1) is 7.11 Å². The molecule has 1 aliphatic rings. The quantitative estimate of drug-likeness (QED) is 0.897. The van der Waals surface area contributed by atoms with Gasteiger partial charge in [0.15, 0.2) is 0 Å². The van der Waals surface area contributed by atoms with E-state index in [0.29, 0.717) is 24.0 Å². The van der Waals surface area contributed by atoms with Gasteiger partial charge in [0, 0.05) is 0 Å². The van der Waals surface area contributed by atoms with E-state index in [0.717, 1.165) is 11.3 Å². The summed E-state index contributed by atoms with van der Waals surface area (Å²) in [4.78, 5) is 0. The average Bonchev–Trinajstić information content (AvgIpc) is 2.79.